The molecule has 0 radical (unpaired) electrons. The van der Waals surface area contributed by atoms with Gasteiger partial charge in [-0.15, -0.1) is 0 Å². The fourth-order valence-electron chi connectivity index (χ4n) is 2.14. The Balaban J connectivity index is 2.22. The molecule has 0 fully saturated rings. The Morgan fingerprint density at radius 1 is 1.10 bits per heavy atom. The predicted octanol–water partition coefficient (Wildman–Crippen LogP) is 4.62. The number of aliphatic carboxylic acids is 1. The van der Waals surface area contributed by atoms with Gasteiger partial charge in [-0.25, -0.2) is 4.39 Å². The van der Waals surface area contributed by atoms with Crippen LogP contribution in [0.3, 0.4) is 0 Å². The van der Waals surface area contributed by atoms with E-state index < -0.39 is 17.7 Å². The molecule has 21 heavy (non-hydrogen) atoms. The maximum atomic E-state index is 13.7. The summed E-state index contributed by atoms with van der Waals surface area (Å²) in [5, 5.41) is 10.3. The van der Waals surface area contributed by atoms with Crippen LogP contribution in [0.15, 0.2) is 42.5 Å². The van der Waals surface area contributed by atoms with Crippen LogP contribution in [-0.4, -0.2) is 11.1 Å². The molecule has 0 amide bonds. The SMILES string of the molecule is O=C(O)C(Cc1ccccc1F)Cc1cc(Cl)ccc1Cl. The largest absolute Gasteiger partial charge is 0.481 e. The summed E-state index contributed by atoms with van der Waals surface area (Å²) in [6.45, 7) is 0. The summed E-state index contributed by atoms with van der Waals surface area (Å²) < 4.78 is 13.7. The summed E-state index contributed by atoms with van der Waals surface area (Å²) >= 11 is 12.0. The van der Waals surface area contributed by atoms with Gasteiger partial charge in [0, 0.05) is 10.0 Å². The molecule has 0 spiro atoms. The average Bonchev–Trinajstić information content (AvgIpc) is 2.44. The van der Waals surface area contributed by atoms with E-state index in [0.29, 0.717) is 21.2 Å². The number of benzene rings is 2. The van der Waals surface area contributed by atoms with E-state index in [2.05, 4.69) is 0 Å². The van der Waals surface area contributed by atoms with E-state index >= 15 is 0 Å². The van der Waals surface area contributed by atoms with Gasteiger partial charge in [0.25, 0.3) is 0 Å². The van der Waals surface area contributed by atoms with Crippen LogP contribution in [0.5, 0.6) is 0 Å². The molecule has 0 saturated heterocycles. The Morgan fingerprint density at radius 3 is 2.43 bits per heavy atom. The Labute approximate surface area is 132 Å². The van der Waals surface area contributed by atoms with Crippen molar-refractivity contribution in [1.29, 1.82) is 0 Å². The monoisotopic (exact) mass is 326 g/mol. The molecule has 1 N–H and O–H groups in total. The first kappa shape index (κ1) is 15.8. The smallest absolute Gasteiger partial charge is 0.307 e. The Hall–Kier alpha value is -1.58. The minimum absolute atomic E-state index is 0.102. The third kappa shape index (κ3) is 4.19. The first-order valence-corrected chi connectivity index (χ1v) is 7.13. The lowest BCUT2D eigenvalue weighted by Crippen LogP contribution is -2.20. The maximum Gasteiger partial charge on any atom is 0.307 e. The zero-order valence-electron chi connectivity index (χ0n) is 11.0. The highest BCUT2D eigenvalue weighted by atomic mass is 35.5. The quantitative estimate of drug-likeness (QED) is 0.870. The highest BCUT2D eigenvalue weighted by molar-refractivity contribution is 6.33. The van der Waals surface area contributed by atoms with Crippen LogP contribution in [-0.2, 0) is 17.6 Å². The van der Waals surface area contributed by atoms with Crippen molar-refractivity contribution in [2.24, 2.45) is 5.92 Å². The lowest BCUT2D eigenvalue weighted by atomic mass is 9.92. The minimum atomic E-state index is -0.991. The maximum absolute atomic E-state index is 13.7. The van der Waals surface area contributed by atoms with Gasteiger partial charge >= 0.3 is 5.97 Å². The number of carboxylic acids is 1. The van der Waals surface area contributed by atoms with Crippen LogP contribution >= 0.6 is 23.2 Å². The molecule has 5 heteroatoms. The molecule has 0 saturated carbocycles. The van der Waals surface area contributed by atoms with E-state index in [4.69, 9.17) is 23.2 Å². The van der Waals surface area contributed by atoms with E-state index in [1.165, 1.54) is 6.07 Å². The van der Waals surface area contributed by atoms with Gasteiger partial charge in [0.05, 0.1) is 5.92 Å². The van der Waals surface area contributed by atoms with Gasteiger partial charge in [0.1, 0.15) is 5.82 Å². The van der Waals surface area contributed by atoms with Gasteiger partial charge in [-0.2, -0.15) is 0 Å². The van der Waals surface area contributed by atoms with Crippen LogP contribution in [0.4, 0.5) is 4.39 Å². The summed E-state index contributed by atoms with van der Waals surface area (Å²) in [5.74, 6) is -2.16. The Morgan fingerprint density at radius 2 is 1.76 bits per heavy atom. The van der Waals surface area contributed by atoms with E-state index in [9.17, 15) is 14.3 Å². The molecule has 1 unspecified atom stereocenters. The third-order valence-electron chi connectivity index (χ3n) is 3.25. The number of rotatable bonds is 5. The summed E-state index contributed by atoms with van der Waals surface area (Å²) in [7, 11) is 0. The molecule has 2 rings (SSSR count). The molecule has 2 aromatic carbocycles. The number of halogens is 3. The first-order chi connectivity index (χ1) is 9.97. The average molecular weight is 327 g/mol. The molecule has 1 atom stereocenters. The molecule has 110 valence electrons. The molecule has 0 bridgehead atoms. The number of hydrogen-bond acceptors (Lipinski definition) is 1. The second-order valence-corrected chi connectivity index (χ2v) is 5.61. The van der Waals surface area contributed by atoms with E-state index in [1.54, 1.807) is 36.4 Å². The standard InChI is InChI=1S/C16H13Cl2FO2/c17-13-5-6-14(18)11(9-13)8-12(16(20)21)7-10-3-1-2-4-15(10)19/h1-6,9,12H,7-8H2,(H,20,21). The second-order valence-electron chi connectivity index (χ2n) is 4.77. The van der Waals surface area contributed by atoms with E-state index in [-0.39, 0.29) is 12.8 Å². The van der Waals surface area contributed by atoms with E-state index in [1.807, 2.05) is 0 Å². The van der Waals surface area contributed by atoms with Crippen LogP contribution in [0.25, 0.3) is 0 Å². The number of carbonyl (C=O) groups is 1. The van der Waals surface area contributed by atoms with Crippen molar-refractivity contribution < 1.29 is 14.3 Å². The first-order valence-electron chi connectivity index (χ1n) is 6.37. The zero-order valence-corrected chi connectivity index (χ0v) is 12.5. The Bertz CT molecular complexity index is 658. The van der Waals surface area contributed by atoms with Crippen LogP contribution < -0.4 is 0 Å². The lowest BCUT2D eigenvalue weighted by Gasteiger charge is -2.14. The van der Waals surface area contributed by atoms with Crippen molar-refractivity contribution in [3.05, 3.63) is 69.5 Å². The molecule has 2 aromatic rings. The van der Waals surface area contributed by atoms with Crippen molar-refractivity contribution in [3.8, 4) is 0 Å². The number of hydrogen-bond donors (Lipinski definition) is 1. The van der Waals surface area contributed by atoms with Crippen molar-refractivity contribution >= 4 is 29.2 Å². The van der Waals surface area contributed by atoms with Gasteiger partial charge < -0.3 is 5.11 Å². The molecular formula is C16H13Cl2FO2. The van der Waals surface area contributed by atoms with Gasteiger partial charge in [0.2, 0.25) is 0 Å². The van der Waals surface area contributed by atoms with Crippen LogP contribution in [0, 0.1) is 11.7 Å². The van der Waals surface area contributed by atoms with Crippen molar-refractivity contribution in [3.63, 3.8) is 0 Å². The highest BCUT2D eigenvalue weighted by Crippen LogP contribution is 2.25. The predicted molar refractivity (Wildman–Crippen MR) is 81.4 cm³/mol. The summed E-state index contributed by atoms with van der Waals surface area (Å²) in [4.78, 5) is 11.4. The van der Waals surface area contributed by atoms with Gasteiger partial charge in [-0.05, 0) is 48.2 Å². The molecule has 0 aromatic heterocycles. The van der Waals surface area contributed by atoms with Gasteiger partial charge in [-0.3, -0.25) is 4.79 Å². The topological polar surface area (TPSA) is 37.3 Å². The minimum Gasteiger partial charge on any atom is -0.481 e. The zero-order chi connectivity index (χ0) is 15.4. The van der Waals surface area contributed by atoms with Crippen molar-refractivity contribution in [2.75, 3.05) is 0 Å². The third-order valence-corrected chi connectivity index (χ3v) is 3.85. The second kappa shape index (κ2) is 6.92. The normalized spacial score (nSPS) is 12.1. The summed E-state index contributed by atoms with van der Waals surface area (Å²) in [6, 6.07) is 11.1. The summed E-state index contributed by atoms with van der Waals surface area (Å²) in [6.07, 6.45) is 0.300. The fraction of sp³-hybridized carbons (Fsp3) is 0.188. The lowest BCUT2D eigenvalue weighted by molar-refractivity contribution is -0.141. The van der Waals surface area contributed by atoms with E-state index in [0.717, 1.165) is 0 Å². The molecule has 0 aliphatic rings. The van der Waals surface area contributed by atoms with Crippen LogP contribution in [0.2, 0.25) is 10.0 Å². The Kier molecular flexibility index (Phi) is 5.21. The molecule has 0 aliphatic heterocycles. The van der Waals surface area contributed by atoms with Crippen molar-refractivity contribution in [2.45, 2.75) is 12.8 Å². The van der Waals surface area contributed by atoms with Gasteiger partial charge in [0.15, 0.2) is 0 Å². The fourth-order valence-corrected chi connectivity index (χ4v) is 2.53. The van der Waals surface area contributed by atoms with Crippen LogP contribution in [0.1, 0.15) is 11.1 Å². The summed E-state index contributed by atoms with van der Waals surface area (Å²) in [5.41, 5.74) is 1.02. The van der Waals surface area contributed by atoms with Gasteiger partial charge in [-0.1, -0.05) is 41.4 Å². The highest BCUT2D eigenvalue weighted by Gasteiger charge is 2.21. The molecule has 2 nitrogen and oxygen atoms in total. The molecular weight excluding hydrogens is 314 g/mol. The number of carboxylic acid groups (broad SMARTS) is 1. The van der Waals surface area contributed by atoms with Crippen molar-refractivity contribution in [1.82, 2.24) is 0 Å². The molecule has 0 aliphatic carbocycles. The molecule has 0 heterocycles.